The standard InChI is InChI=1S/2C15H30N2/c2*1-13(2,3)16-9-7-15(8-10-16)11-17(12-15)14(4,5)6/h2*7-12H2,1-6H3. The quantitative estimate of drug-likeness (QED) is 0.427. The van der Waals surface area contributed by atoms with E-state index in [0.29, 0.717) is 33.0 Å². The van der Waals surface area contributed by atoms with Crippen LogP contribution in [0.15, 0.2) is 0 Å². The minimum Gasteiger partial charge on any atom is -0.298 e. The van der Waals surface area contributed by atoms with Crippen LogP contribution in [0.4, 0.5) is 0 Å². The van der Waals surface area contributed by atoms with Crippen molar-refractivity contribution in [2.24, 2.45) is 10.8 Å². The highest BCUT2D eigenvalue weighted by molar-refractivity contribution is 5.04. The van der Waals surface area contributed by atoms with Crippen LogP contribution in [-0.2, 0) is 0 Å². The van der Waals surface area contributed by atoms with Gasteiger partial charge in [-0.2, -0.15) is 0 Å². The van der Waals surface area contributed by atoms with Crippen molar-refractivity contribution in [2.75, 3.05) is 52.4 Å². The smallest absolute Gasteiger partial charge is 0.0125 e. The fraction of sp³-hybridized carbons (Fsp3) is 1.00. The molecule has 4 heterocycles. The van der Waals surface area contributed by atoms with Gasteiger partial charge in [-0.3, -0.25) is 19.6 Å². The summed E-state index contributed by atoms with van der Waals surface area (Å²) in [5, 5.41) is 0. The van der Waals surface area contributed by atoms with Gasteiger partial charge in [-0.05, 0) is 146 Å². The minimum atomic E-state index is 0.356. The van der Waals surface area contributed by atoms with Gasteiger partial charge in [0.2, 0.25) is 0 Å². The molecule has 4 rings (SSSR count). The van der Waals surface area contributed by atoms with Crippen molar-refractivity contribution >= 4 is 0 Å². The molecule has 0 aromatic heterocycles. The van der Waals surface area contributed by atoms with Gasteiger partial charge in [0.05, 0.1) is 0 Å². The molecule has 4 aliphatic rings. The van der Waals surface area contributed by atoms with Gasteiger partial charge in [-0.1, -0.05) is 0 Å². The molecule has 4 heteroatoms. The summed E-state index contributed by atoms with van der Waals surface area (Å²) in [7, 11) is 0. The van der Waals surface area contributed by atoms with E-state index in [1.807, 2.05) is 0 Å². The van der Waals surface area contributed by atoms with E-state index in [2.05, 4.69) is 103 Å². The van der Waals surface area contributed by atoms with Crippen LogP contribution >= 0.6 is 0 Å². The average molecular weight is 477 g/mol. The fourth-order valence-electron chi connectivity index (χ4n) is 6.41. The lowest BCUT2D eigenvalue weighted by atomic mass is 9.70. The summed E-state index contributed by atoms with van der Waals surface area (Å²) in [6.45, 7) is 38.6. The van der Waals surface area contributed by atoms with Crippen molar-refractivity contribution in [3.05, 3.63) is 0 Å². The molecule has 0 aromatic rings. The molecule has 4 nitrogen and oxygen atoms in total. The first-order chi connectivity index (χ1) is 15.2. The van der Waals surface area contributed by atoms with Gasteiger partial charge in [0.1, 0.15) is 0 Å². The van der Waals surface area contributed by atoms with E-state index >= 15 is 0 Å². The van der Waals surface area contributed by atoms with E-state index in [-0.39, 0.29) is 0 Å². The topological polar surface area (TPSA) is 13.0 Å². The predicted octanol–water partition coefficient (Wildman–Crippen LogP) is 5.96. The molecule has 0 bridgehead atoms. The van der Waals surface area contributed by atoms with Crippen LogP contribution in [0.5, 0.6) is 0 Å². The van der Waals surface area contributed by atoms with E-state index in [9.17, 15) is 0 Å². The van der Waals surface area contributed by atoms with E-state index in [0.717, 1.165) is 0 Å². The van der Waals surface area contributed by atoms with E-state index in [1.54, 1.807) is 0 Å². The molecule has 0 atom stereocenters. The summed E-state index contributed by atoms with van der Waals surface area (Å²) in [4.78, 5) is 10.6. The maximum Gasteiger partial charge on any atom is 0.0125 e. The second-order valence-corrected chi connectivity index (χ2v) is 16.4. The predicted molar refractivity (Wildman–Crippen MR) is 149 cm³/mol. The van der Waals surface area contributed by atoms with Crippen LogP contribution < -0.4 is 0 Å². The normalized spacial score (nSPS) is 27.2. The molecule has 200 valence electrons. The van der Waals surface area contributed by atoms with Crippen LogP contribution in [0.1, 0.15) is 109 Å². The summed E-state index contributed by atoms with van der Waals surface area (Å²) in [6.07, 6.45) is 5.60. The van der Waals surface area contributed by atoms with Crippen LogP contribution in [0, 0.1) is 10.8 Å². The Labute approximate surface area is 213 Å². The minimum absolute atomic E-state index is 0.356. The third-order valence-electron chi connectivity index (χ3n) is 9.55. The van der Waals surface area contributed by atoms with Gasteiger partial charge < -0.3 is 0 Å². The molecule has 0 amide bonds. The summed E-state index contributed by atoms with van der Waals surface area (Å²) < 4.78 is 0. The van der Waals surface area contributed by atoms with Gasteiger partial charge in [0, 0.05) is 48.3 Å². The summed E-state index contributed by atoms with van der Waals surface area (Å²) in [5.74, 6) is 0. The van der Waals surface area contributed by atoms with Gasteiger partial charge in [0.25, 0.3) is 0 Å². The van der Waals surface area contributed by atoms with Crippen molar-refractivity contribution < 1.29 is 0 Å². The van der Waals surface area contributed by atoms with Crippen molar-refractivity contribution in [2.45, 2.75) is 131 Å². The first-order valence-corrected chi connectivity index (χ1v) is 14.3. The highest BCUT2D eigenvalue weighted by Gasteiger charge is 2.49. The third kappa shape index (κ3) is 6.58. The Morgan fingerprint density at radius 3 is 0.735 bits per heavy atom. The lowest BCUT2D eigenvalue weighted by Gasteiger charge is -2.59. The molecule has 0 unspecified atom stereocenters. The molecule has 0 radical (unpaired) electrons. The van der Waals surface area contributed by atoms with Crippen molar-refractivity contribution in [1.82, 2.24) is 19.6 Å². The molecule has 0 aromatic carbocycles. The number of likely N-dealkylation sites (tertiary alicyclic amines) is 4. The molecule has 4 saturated heterocycles. The van der Waals surface area contributed by atoms with Gasteiger partial charge in [-0.15, -0.1) is 0 Å². The Kier molecular flexibility index (Phi) is 7.77. The maximum absolute atomic E-state index is 2.65. The first kappa shape index (κ1) is 28.4. The van der Waals surface area contributed by atoms with E-state index in [4.69, 9.17) is 0 Å². The van der Waals surface area contributed by atoms with Crippen molar-refractivity contribution in [3.63, 3.8) is 0 Å². The number of hydrogen-bond donors (Lipinski definition) is 0. The SMILES string of the molecule is CC(C)(C)N1CCC2(CC1)CN(C(C)(C)C)C2.CC(C)(C)N1CCC2(CC1)CN(C(C)(C)C)C2. The monoisotopic (exact) mass is 476 g/mol. The van der Waals surface area contributed by atoms with Crippen molar-refractivity contribution in [1.29, 1.82) is 0 Å². The van der Waals surface area contributed by atoms with Crippen LogP contribution in [0.25, 0.3) is 0 Å². The van der Waals surface area contributed by atoms with Crippen molar-refractivity contribution in [3.8, 4) is 0 Å². The molecule has 0 N–H and O–H groups in total. The molecular formula is C30H60N4. The zero-order chi connectivity index (χ0) is 25.8. The Bertz CT molecular complexity index is 593. The summed E-state index contributed by atoms with van der Waals surface area (Å²) >= 11 is 0. The highest BCUT2D eigenvalue weighted by atomic mass is 15.3. The number of piperidine rings is 2. The van der Waals surface area contributed by atoms with E-state index < -0.39 is 0 Å². The summed E-state index contributed by atoms with van der Waals surface area (Å²) in [6, 6.07) is 0. The Morgan fingerprint density at radius 1 is 0.353 bits per heavy atom. The molecule has 2 spiro atoms. The Hall–Kier alpha value is -0.160. The fourth-order valence-corrected chi connectivity index (χ4v) is 6.41. The van der Waals surface area contributed by atoms with Crippen LogP contribution in [0.3, 0.4) is 0 Å². The second kappa shape index (κ2) is 9.30. The molecule has 0 aliphatic carbocycles. The van der Waals surface area contributed by atoms with Gasteiger partial charge in [-0.25, -0.2) is 0 Å². The average Bonchev–Trinajstić information content (AvgIpc) is 2.62. The summed E-state index contributed by atoms with van der Waals surface area (Å²) in [5.41, 5.74) is 2.77. The third-order valence-corrected chi connectivity index (χ3v) is 9.55. The van der Waals surface area contributed by atoms with E-state index in [1.165, 1.54) is 78.0 Å². The van der Waals surface area contributed by atoms with Crippen LogP contribution in [-0.4, -0.2) is 94.1 Å². The van der Waals surface area contributed by atoms with Crippen LogP contribution in [0.2, 0.25) is 0 Å². The Balaban J connectivity index is 0.000000191. The lowest BCUT2D eigenvalue weighted by Crippen LogP contribution is -2.66. The number of rotatable bonds is 0. The zero-order valence-electron chi connectivity index (χ0n) is 25.3. The zero-order valence-corrected chi connectivity index (χ0v) is 25.3. The molecule has 0 saturated carbocycles. The van der Waals surface area contributed by atoms with Gasteiger partial charge >= 0.3 is 0 Å². The number of nitrogens with zero attached hydrogens (tertiary/aromatic N) is 4. The van der Waals surface area contributed by atoms with Gasteiger partial charge in [0.15, 0.2) is 0 Å². The molecule has 34 heavy (non-hydrogen) atoms. The second-order valence-electron chi connectivity index (χ2n) is 16.4. The Morgan fingerprint density at radius 2 is 0.559 bits per heavy atom. The lowest BCUT2D eigenvalue weighted by molar-refractivity contribution is -0.0990. The first-order valence-electron chi connectivity index (χ1n) is 14.3. The highest BCUT2D eigenvalue weighted by Crippen LogP contribution is 2.45. The largest absolute Gasteiger partial charge is 0.298 e. The number of hydrogen-bond acceptors (Lipinski definition) is 4. The molecule has 4 fully saturated rings. The molecule has 4 aliphatic heterocycles. The molecular weight excluding hydrogens is 416 g/mol. The maximum atomic E-state index is 2.65.